The van der Waals surface area contributed by atoms with Gasteiger partial charge in [-0.3, -0.25) is 0 Å². The molecule has 20 aromatic rings. The Labute approximate surface area is 694 Å². The first-order valence-corrected chi connectivity index (χ1v) is 40.1. The summed E-state index contributed by atoms with van der Waals surface area (Å²) in [5.74, 6) is 7.09. The van der Waals surface area contributed by atoms with E-state index < -0.39 is 0 Å². The second kappa shape index (κ2) is 29.0. The molecule has 0 aromatic heterocycles. The van der Waals surface area contributed by atoms with Crippen molar-refractivity contribution < 1.29 is 47.4 Å². The number of methoxy groups -OCH3 is 10. The molecule has 0 saturated carbocycles. The van der Waals surface area contributed by atoms with Crippen molar-refractivity contribution in [3.8, 4) is 169 Å². The molecule has 0 amide bonds. The molecular formula is C110H80O10. The highest BCUT2D eigenvalue weighted by molar-refractivity contribution is 6.19. The third-order valence-electron chi connectivity index (χ3n) is 24.9. The first-order valence-electron chi connectivity index (χ1n) is 40.1. The molecule has 1 aliphatic rings. The first kappa shape index (κ1) is 72.7. The van der Waals surface area contributed by atoms with Crippen LogP contribution in [0.5, 0.6) is 57.5 Å². The summed E-state index contributed by atoms with van der Waals surface area (Å²) in [5, 5.41) is 20.4. The van der Waals surface area contributed by atoms with Crippen molar-refractivity contribution in [3.05, 3.63) is 303 Å². The normalized spacial score (nSPS) is 11.8. The quantitative estimate of drug-likeness (QED) is 0.132. The molecule has 0 radical (unpaired) electrons. The predicted molar refractivity (Wildman–Crippen MR) is 495 cm³/mol. The minimum Gasteiger partial charge on any atom is -0.496 e. The van der Waals surface area contributed by atoms with Crippen molar-refractivity contribution in [1.82, 2.24) is 0 Å². The second-order valence-corrected chi connectivity index (χ2v) is 30.8. The summed E-state index contributed by atoms with van der Waals surface area (Å²) < 4.78 is 64.9. The highest BCUT2D eigenvalue weighted by Gasteiger charge is 2.28. The first-order chi connectivity index (χ1) is 59.0. The van der Waals surface area contributed by atoms with Gasteiger partial charge in [0.1, 0.15) is 57.5 Å². The van der Waals surface area contributed by atoms with Gasteiger partial charge in [-0.2, -0.15) is 0 Å². The Kier molecular flexibility index (Phi) is 17.6. The van der Waals surface area contributed by atoms with Crippen molar-refractivity contribution in [2.45, 2.75) is 0 Å². The van der Waals surface area contributed by atoms with Gasteiger partial charge in [-0.1, -0.05) is 182 Å². The van der Waals surface area contributed by atoms with E-state index in [1.165, 1.54) is 0 Å². The molecule has 10 nitrogen and oxygen atoms in total. The summed E-state index contributed by atoms with van der Waals surface area (Å²) in [6.45, 7) is 0. The molecule has 0 N–H and O–H groups in total. The van der Waals surface area contributed by atoms with Gasteiger partial charge in [-0.05, 0) is 285 Å². The van der Waals surface area contributed by atoms with Gasteiger partial charge in [-0.25, -0.2) is 0 Å². The zero-order chi connectivity index (χ0) is 81.3. The average molecular weight is 1560 g/mol. The third-order valence-corrected chi connectivity index (χ3v) is 24.9. The Balaban J connectivity index is 0.839. The summed E-state index contributed by atoms with van der Waals surface area (Å²) in [5.41, 5.74) is 19.2. The molecule has 0 heterocycles. The van der Waals surface area contributed by atoms with Crippen LogP contribution in [-0.4, -0.2) is 71.1 Å². The highest BCUT2D eigenvalue weighted by Crippen LogP contribution is 2.55. The Hall–Kier alpha value is -15.0. The van der Waals surface area contributed by atoms with Gasteiger partial charge < -0.3 is 47.4 Å². The fourth-order valence-electron chi connectivity index (χ4n) is 19.1. The molecular weight excluding hydrogens is 1480 g/mol. The van der Waals surface area contributed by atoms with Gasteiger partial charge in [0, 0.05) is 55.6 Å². The van der Waals surface area contributed by atoms with Crippen LogP contribution in [0.1, 0.15) is 0 Å². The lowest BCUT2D eigenvalue weighted by Gasteiger charge is -2.20. The van der Waals surface area contributed by atoms with E-state index in [0.29, 0.717) is 57.5 Å². The number of hydrogen-bond donors (Lipinski definition) is 0. The van der Waals surface area contributed by atoms with E-state index in [4.69, 9.17) is 47.4 Å². The highest BCUT2D eigenvalue weighted by atomic mass is 16.5. The fourth-order valence-corrected chi connectivity index (χ4v) is 19.1. The number of rotatable bonds is 10. The number of fused-ring (bicyclic) bond motifs is 20. The van der Waals surface area contributed by atoms with Gasteiger partial charge >= 0.3 is 0 Å². The zero-order valence-electron chi connectivity index (χ0n) is 67.9. The molecule has 20 bridgehead atoms. The van der Waals surface area contributed by atoms with Gasteiger partial charge in [-0.15, -0.1) is 0 Å². The van der Waals surface area contributed by atoms with Gasteiger partial charge in [0.05, 0.1) is 71.1 Å². The Morgan fingerprint density at radius 2 is 0.192 bits per heavy atom. The topological polar surface area (TPSA) is 92.3 Å². The van der Waals surface area contributed by atoms with Gasteiger partial charge in [0.15, 0.2) is 0 Å². The molecule has 0 saturated heterocycles. The summed E-state index contributed by atoms with van der Waals surface area (Å²) in [7, 11) is 17.5. The number of benzene rings is 20. The monoisotopic (exact) mass is 1560 g/mol. The lowest BCUT2D eigenvalue weighted by Crippen LogP contribution is -1.96. The van der Waals surface area contributed by atoms with Crippen molar-refractivity contribution in [1.29, 1.82) is 0 Å². The van der Waals surface area contributed by atoms with E-state index in [0.717, 1.165) is 219 Å². The summed E-state index contributed by atoms with van der Waals surface area (Å²) in [6, 6.07) is 109. The van der Waals surface area contributed by atoms with Gasteiger partial charge in [0.2, 0.25) is 0 Å². The molecule has 120 heavy (non-hydrogen) atoms. The van der Waals surface area contributed by atoms with E-state index in [1.54, 1.807) is 71.1 Å². The van der Waals surface area contributed by atoms with E-state index in [1.807, 2.05) is 0 Å². The van der Waals surface area contributed by atoms with Crippen LogP contribution in [0.3, 0.4) is 0 Å². The largest absolute Gasteiger partial charge is 0.496 e. The fraction of sp³-hybridized carbons (Fsp3) is 0.0909. The summed E-state index contributed by atoms with van der Waals surface area (Å²) in [4.78, 5) is 0. The van der Waals surface area contributed by atoms with Crippen LogP contribution in [0.4, 0.5) is 0 Å². The maximum Gasteiger partial charge on any atom is 0.127 e. The van der Waals surface area contributed by atoms with E-state index in [2.05, 4.69) is 303 Å². The summed E-state index contributed by atoms with van der Waals surface area (Å²) in [6.07, 6.45) is 0. The SMILES string of the molecule is COc1ccc2ccc3cc2c1-c1c(OC)ccc2ccc(cc12)-c1ccc2ccc(OC)c(c2c1)-c1c(OC)ccc2ccc(cc12)-c1ccc2ccc(OC)c(c2c1)-c1c(OC)ccc2ccc(cc12)-c1ccc2ccc(OC)c(c2c1)-c1c(OC)ccc2ccc(cc12)-c1ccc2ccc(OC)c(c2c1)-c1c(OC)ccc2ccc-3cc12. The standard InChI is InChI=1S/C110H80O10/c1-111-91-41-31-61-11-21-71-51-81(61)101(91)102-82-52-72(22-12-62(82)32-42-92(102)112-2)74-24-14-64-34-44-94(114-4)104(84(64)54-74)106-86-56-76(26-16-66(86)36-46-96(106)116-6)78-28-18-68-38-48-98(118-8)108(88(68)58-78)110-90-60-80(30-20-70(90)40-50-100(110)120-10)79-29-19-69-39-49-99(119-9)109(89(69)59-79)107-87-57-77(27-17-67(87)37-47-97(107)117-7)75-25-15-65-35-45-95(115-5)105(85(65)55-75)103-83-53-73(71)23-13-63(83)33-43-93(103)113-3/h11-60H,1-10H3. The predicted octanol–water partition coefficient (Wildman–Crippen LogP) is 28.3. The molecule has 10 heteroatoms. The van der Waals surface area contributed by atoms with Crippen LogP contribution in [0.15, 0.2) is 303 Å². The van der Waals surface area contributed by atoms with E-state index >= 15 is 0 Å². The van der Waals surface area contributed by atoms with Crippen LogP contribution in [0.25, 0.3) is 219 Å². The lowest BCUT2D eigenvalue weighted by molar-refractivity contribution is 0.411. The van der Waals surface area contributed by atoms with Crippen molar-refractivity contribution in [2.75, 3.05) is 71.1 Å². The molecule has 21 rings (SSSR count). The molecule has 0 unspecified atom stereocenters. The molecule has 1 aliphatic carbocycles. The maximum absolute atomic E-state index is 6.49. The lowest BCUT2D eigenvalue weighted by atomic mass is 9.87. The zero-order valence-corrected chi connectivity index (χ0v) is 67.9. The van der Waals surface area contributed by atoms with Crippen molar-refractivity contribution in [3.63, 3.8) is 0 Å². The Bertz CT molecular complexity index is 6230. The number of ether oxygens (including phenoxy) is 10. The van der Waals surface area contributed by atoms with Crippen molar-refractivity contribution in [2.24, 2.45) is 0 Å². The van der Waals surface area contributed by atoms with Crippen LogP contribution >= 0.6 is 0 Å². The molecule has 20 aromatic carbocycles. The molecule has 0 spiro atoms. The molecule has 580 valence electrons. The Morgan fingerprint density at radius 1 is 0.108 bits per heavy atom. The van der Waals surface area contributed by atoms with Crippen LogP contribution in [0, 0.1) is 0 Å². The second-order valence-electron chi connectivity index (χ2n) is 30.8. The maximum atomic E-state index is 6.49. The minimum atomic E-state index is 0.709. The van der Waals surface area contributed by atoms with E-state index in [9.17, 15) is 0 Å². The molecule has 0 atom stereocenters. The third kappa shape index (κ3) is 11.5. The van der Waals surface area contributed by atoms with E-state index in [-0.39, 0.29) is 0 Å². The summed E-state index contributed by atoms with van der Waals surface area (Å²) >= 11 is 0. The number of hydrogen-bond acceptors (Lipinski definition) is 10. The van der Waals surface area contributed by atoms with Crippen LogP contribution < -0.4 is 47.4 Å². The molecule has 0 fully saturated rings. The van der Waals surface area contributed by atoms with Crippen LogP contribution in [-0.2, 0) is 0 Å². The minimum absolute atomic E-state index is 0.709. The smallest absolute Gasteiger partial charge is 0.127 e. The van der Waals surface area contributed by atoms with Crippen molar-refractivity contribution >= 4 is 108 Å². The molecule has 0 aliphatic heterocycles. The average Bonchev–Trinajstić information content (AvgIpc) is 0.746. The Morgan fingerprint density at radius 3 is 0.275 bits per heavy atom. The van der Waals surface area contributed by atoms with Crippen LogP contribution in [0.2, 0.25) is 0 Å². The van der Waals surface area contributed by atoms with Gasteiger partial charge in [0.25, 0.3) is 0 Å².